The minimum Gasteiger partial charge on any atom is -0.370 e. The van der Waals surface area contributed by atoms with Crippen LogP contribution in [0.4, 0.5) is 0 Å². The van der Waals surface area contributed by atoms with Gasteiger partial charge in [-0.05, 0) is 37.5 Å². The number of nitrogens with zero attached hydrogens (tertiary/aromatic N) is 1. The number of fused-ring (bicyclic) bond motifs is 2. The van der Waals surface area contributed by atoms with Gasteiger partial charge in [0.2, 0.25) is 0 Å². The Kier molecular flexibility index (Phi) is 3.26. The summed E-state index contributed by atoms with van der Waals surface area (Å²) >= 11 is 0. The van der Waals surface area contributed by atoms with Gasteiger partial charge >= 0.3 is 0 Å². The Balaban J connectivity index is 2.08. The molecular formula is C17H25NO2. The fraction of sp³-hybridized carbons (Fsp3) is 0.765. The van der Waals surface area contributed by atoms with Gasteiger partial charge < -0.3 is 4.90 Å². The summed E-state index contributed by atoms with van der Waals surface area (Å²) in [6.45, 7) is 7.39. The SMILES string of the molecule is CC[C@H]1C(=O)C2=C(CC(C)(C)CC2=O)N2CCCC[C@H]12. The molecule has 0 bridgehead atoms. The number of piperidine rings is 1. The zero-order chi connectivity index (χ0) is 14.5. The summed E-state index contributed by atoms with van der Waals surface area (Å²) in [5, 5.41) is 0. The van der Waals surface area contributed by atoms with Crippen LogP contribution in [0.5, 0.6) is 0 Å². The minimum absolute atomic E-state index is 0.00273. The molecule has 2 aliphatic heterocycles. The average molecular weight is 275 g/mol. The smallest absolute Gasteiger partial charge is 0.173 e. The van der Waals surface area contributed by atoms with Crippen molar-refractivity contribution in [2.24, 2.45) is 11.3 Å². The Hall–Kier alpha value is -1.12. The molecule has 3 aliphatic rings. The maximum atomic E-state index is 12.8. The zero-order valence-corrected chi connectivity index (χ0v) is 12.9. The first-order chi connectivity index (χ1) is 9.44. The number of ketones is 2. The first-order valence-electron chi connectivity index (χ1n) is 8.02. The second-order valence-electron chi connectivity index (χ2n) is 7.40. The van der Waals surface area contributed by atoms with Crippen molar-refractivity contribution in [1.82, 2.24) is 4.90 Å². The molecule has 1 fully saturated rings. The van der Waals surface area contributed by atoms with Gasteiger partial charge in [-0.2, -0.15) is 0 Å². The van der Waals surface area contributed by atoms with Gasteiger partial charge in [-0.1, -0.05) is 20.8 Å². The highest BCUT2D eigenvalue weighted by atomic mass is 16.2. The standard InChI is InChI=1S/C17H25NO2/c1-4-11-12-7-5-6-8-18(12)13-9-17(2,3)10-14(19)15(13)16(11)20/h11-12H,4-10H2,1-3H3/t11-,12-/m1/s1. The number of hydrogen-bond acceptors (Lipinski definition) is 3. The van der Waals surface area contributed by atoms with Crippen molar-refractivity contribution < 1.29 is 9.59 Å². The summed E-state index contributed by atoms with van der Waals surface area (Å²) in [5.41, 5.74) is 1.64. The van der Waals surface area contributed by atoms with Crippen molar-refractivity contribution in [1.29, 1.82) is 0 Å². The zero-order valence-electron chi connectivity index (χ0n) is 12.9. The van der Waals surface area contributed by atoms with Crippen LogP contribution in [0, 0.1) is 11.3 Å². The number of rotatable bonds is 1. The summed E-state index contributed by atoms with van der Waals surface area (Å²) in [7, 11) is 0. The lowest BCUT2D eigenvalue weighted by atomic mass is 9.68. The quantitative estimate of drug-likeness (QED) is 0.690. The molecule has 2 atom stereocenters. The Morgan fingerprint density at radius 3 is 2.65 bits per heavy atom. The van der Waals surface area contributed by atoms with Crippen LogP contribution >= 0.6 is 0 Å². The largest absolute Gasteiger partial charge is 0.370 e. The lowest BCUT2D eigenvalue weighted by Gasteiger charge is -2.49. The molecule has 20 heavy (non-hydrogen) atoms. The number of Topliss-reactive ketones (excluding diaryl/α,β-unsaturated/α-hetero) is 2. The topological polar surface area (TPSA) is 37.4 Å². The molecule has 0 radical (unpaired) electrons. The minimum atomic E-state index is -0.00273. The molecule has 0 unspecified atom stereocenters. The third kappa shape index (κ3) is 2.02. The molecule has 3 rings (SSSR count). The molecule has 0 spiro atoms. The predicted molar refractivity (Wildman–Crippen MR) is 78.2 cm³/mol. The highest BCUT2D eigenvalue weighted by molar-refractivity contribution is 6.22. The summed E-state index contributed by atoms with van der Waals surface area (Å²) in [4.78, 5) is 27.7. The fourth-order valence-electron chi connectivity index (χ4n) is 4.34. The molecule has 2 heterocycles. The first-order valence-corrected chi connectivity index (χ1v) is 8.02. The first kappa shape index (κ1) is 13.8. The van der Waals surface area contributed by atoms with Crippen molar-refractivity contribution in [3.05, 3.63) is 11.3 Å². The van der Waals surface area contributed by atoms with Crippen molar-refractivity contribution >= 4 is 11.6 Å². The van der Waals surface area contributed by atoms with E-state index in [0.29, 0.717) is 18.0 Å². The van der Waals surface area contributed by atoms with Gasteiger partial charge in [0, 0.05) is 30.6 Å². The maximum absolute atomic E-state index is 12.8. The molecule has 110 valence electrons. The van der Waals surface area contributed by atoms with Gasteiger partial charge in [-0.3, -0.25) is 9.59 Å². The van der Waals surface area contributed by atoms with Gasteiger partial charge in [0.15, 0.2) is 11.6 Å². The van der Waals surface area contributed by atoms with Crippen LogP contribution in [0.1, 0.15) is 59.3 Å². The van der Waals surface area contributed by atoms with Crippen LogP contribution in [-0.2, 0) is 9.59 Å². The van der Waals surface area contributed by atoms with E-state index in [2.05, 4.69) is 25.7 Å². The molecule has 3 nitrogen and oxygen atoms in total. The van der Waals surface area contributed by atoms with Crippen LogP contribution in [0.15, 0.2) is 11.3 Å². The van der Waals surface area contributed by atoms with Crippen LogP contribution < -0.4 is 0 Å². The molecule has 1 aliphatic carbocycles. The molecule has 3 heteroatoms. The summed E-state index contributed by atoms with van der Waals surface area (Å²) in [6.07, 6.45) is 5.76. The van der Waals surface area contributed by atoms with E-state index in [0.717, 1.165) is 31.5 Å². The average Bonchev–Trinajstić information content (AvgIpc) is 2.37. The van der Waals surface area contributed by atoms with E-state index in [1.807, 2.05) is 0 Å². The van der Waals surface area contributed by atoms with E-state index in [9.17, 15) is 9.59 Å². The second kappa shape index (κ2) is 4.71. The van der Waals surface area contributed by atoms with Crippen LogP contribution in [0.3, 0.4) is 0 Å². The molecule has 0 N–H and O–H groups in total. The van der Waals surface area contributed by atoms with E-state index >= 15 is 0 Å². The Labute approximate surface area is 121 Å². The number of carbonyl (C=O) groups is 2. The van der Waals surface area contributed by atoms with E-state index < -0.39 is 0 Å². The molecule has 0 saturated carbocycles. The van der Waals surface area contributed by atoms with Crippen molar-refractivity contribution in [3.63, 3.8) is 0 Å². The fourth-order valence-corrected chi connectivity index (χ4v) is 4.34. The van der Waals surface area contributed by atoms with E-state index in [4.69, 9.17) is 0 Å². The van der Waals surface area contributed by atoms with Crippen molar-refractivity contribution in [2.75, 3.05) is 6.54 Å². The van der Waals surface area contributed by atoms with Gasteiger partial charge in [-0.25, -0.2) is 0 Å². The highest BCUT2D eigenvalue weighted by Crippen LogP contribution is 2.45. The van der Waals surface area contributed by atoms with Crippen molar-refractivity contribution in [2.45, 2.75) is 65.3 Å². The molecule has 0 aromatic heterocycles. The highest BCUT2D eigenvalue weighted by Gasteiger charge is 2.47. The Bertz CT molecular complexity index is 489. The third-order valence-electron chi connectivity index (χ3n) is 5.24. The van der Waals surface area contributed by atoms with E-state index in [1.165, 1.54) is 12.8 Å². The summed E-state index contributed by atoms with van der Waals surface area (Å²) < 4.78 is 0. The molecular weight excluding hydrogens is 250 g/mol. The summed E-state index contributed by atoms with van der Waals surface area (Å²) in [5.74, 6) is 0.272. The van der Waals surface area contributed by atoms with Gasteiger partial charge in [0.25, 0.3) is 0 Å². The van der Waals surface area contributed by atoms with Crippen LogP contribution in [0.2, 0.25) is 0 Å². The third-order valence-corrected chi connectivity index (χ3v) is 5.24. The van der Waals surface area contributed by atoms with E-state index in [1.54, 1.807) is 0 Å². The number of allylic oxidation sites excluding steroid dienone is 2. The molecule has 0 aromatic rings. The molecule has 0 amide bonds. The van der Waals surface area contributed by atoms with E-state index in [-0.39, 0.29) is 22.9 Å². The maximum Gasteiger partial charge on any atom is 0.173 e. The van der Waals surface area contributed by atoms with Crippen LogP contribution in [-0.4, -0.2) is 29.1 Å². The molecule has 1 saturated heterocycles. The lowest BCUT2D eigenvalue weighted by Crippen LogP contribution is -2.53. The number of hydrogen-bond donors (Lipinski definition) is 0. The Morgan fingerprint density at radius 1 is 1.20 bits per heavy atom. The predicted octanol–water partition coefficient (Wildman–Crippen LogP) is 3.09. The monoisotopic (exact) mass is 275 g/mol. The number of carbonyl (C=O) groups excluding carboxylic acids is 2. The van der Waals surface area contributed by atoms with Gasteiger partial charge in [-0.15, -0.1) is 0 Å². The Morgan fingerprint density at radius 2 is 1.95 bits per heavy atom. The normalized spacial score (nSPS) is 33.0. The van der Waals surface area contributed by atoms with Crippen molar-refractivity contribution in [3.8, 4) is 0 Å². The lowest BCUT2D eigenvalue weighted by molar-refractivity contribution is -0.129. The second-order valence-corrected chi connectivity index (χ2v) is 7.40. The van der Waals surface area contributed by atoms with Gasteiger partial charge in [0.05, 0.1) is 5.57 Å². The summed E-state index contributed by atoms with van der Waals surface area (Å²) in [6, 6.07) is 0.349. The van der Waals surface area contributed by atoms with Gasteiger partial charge in [0.1, 0.15) is 0 Å². The van der Waals surface area contributed by atoms with Crippen LogP contribution in [0.25, 0.3) is 0 Å². The molecule has 0 aromatic carbocycles.